The van der Waals surface area contributed by atoms with Gasteiger partial charge >= 0.3 is 0 Å². The van der Waals surface area contributed by atoms with E-state index in [1.165, 1.54) is 37.7 Å². The van der Waals surface area contributed by atoms with Gasteiger partial charge in [-0.2, -0.15) is 0 Å². The van der Waals surface area contributed by atoms with Crippen LogP contribution in [0.25, 0.3) is 0 Å². The molecule has 3 unspecified atom stereocenters. The van der Waals surface area contributed by atoms with Crippen molar-refractivity contribution in [1.29, 1.82) is 0 Å². The van der Waals surface area contributed by atoms with E-state index in [9.17, 15) is 0 Å². The molecule has 6 heteroatoms. The molecule has 1 saturated carbocycles. The van der Waals surface area contributed by atoms with Gasteiger partial charge in [0.2, 0.25) is 0 Å². The first-order valence-corrected chi connectivity index (χ1v) is 9.86. The van der Waals surface area contributed by atoms with Crippen LogP contribution in [0.1, 0.15) is 44.1 Å². The van der Waals surface area contributed by atoms with Gasteiger partial charge < -0.3 is 15.4 Å². The largest absolute Gasteiger partial charge is 0.373 e. The normalized spacial score (nSPS) is 29.7. The molecule has 0 radical (unpaired) electrons. The van der Waals surface area contributed by atoms with Crippen LogP contribution in [-0.2, 0) is 10.2 Å². The Balaban J connectivity index is 0.00000182. The van der Waals surface area contributed by atoms with E-state index in [1.54, 1.807) is 0 Å². The number of ether oxygens (including phenoxy) is 1. The van der Waals surface area contributed by atoms with Gasteiger partial charge in [0.05, 0.1) is 18.2 Å². The molecular formula is C19H27BrIN3O. The first-order chi connectivity index (χ1) is 11.7. The molecule has 0 spiro atoms. The monoisotopic (exact) mass is 519 g/mol. The van der Waals surface area contributed by atoms with E-state index in [4.69, 9.17) is 4.74 Å². The highest BCUT2D eigenvalue weighted by Gasteiger charge is 2.42. The second-order valence-electron chi connectivity index (χ2n) is 7.43. The van der Waals surface area contributed by atoms with Crippen molar-refractivity contribution >= 4 is 45.9 Å². The number of rotatable bonds is 4. The number of hydrogen-bond acceptors (Lipinski definition) is 2. The summed E-state index contributed by atoms with van der Waals surface area (Å²) in [5.74, 6) is 0.916. The fourth-order valence-corrected chi connectivity index (χ4v) is 4.65. The summed E-state index contributed by atoms with van der Waals surface area (Å²) in [5, 5.41) is 7.17. The molecule has 138 valence electrons. The number of nitrogens with zero attached hydrogens (tertiary/aromatic N) is 1. The number of nitrogens with one attached hydrogen (secondary N) is 2. The zero-order chi connectivity index (χ0) is 16.6. The molecular weight excluding hydrogens is 493 g/mol. The number of halogens is 2. The summed E-state index contributed by atoms with van der Waals surface area (Å²) in [5.41, 5.74) is 1.69. The minimum atomic E-state index is 0. The molecule has 2 heterocycles. The van der Waals surface area contributed by atoms with Crippen molar-refractivity contribution < 1.29 is 4.74 Å². The third-order valence-corrected chi connectivity index (χ3v) is 6.54. The Morgan fingerprint density at radius 3 is 2.56 bits per heavy atom. The lowest BCUT2D eigenvalue weighted by Gasteiger charge is -2.43. The summed E-state index contributed by atoms with van der Waals surface area (Å²) >= 11 is 3.53. The van der Waals surface area contributed by atoms with Gasteiger partial charge in [-0.15, -0.1) is 24.0 Å². The molecule has 1 aliphatic carbocycles. The smallest absolute Gasteiger partial charge is 0.191 e. The number of guanidine groups is 1. The van der Waals surface area contributed by atoms with Crippen molar-refractivity contribution in [2.45, 2.75) is 62.2 Å². The molecule has 0 amide bonds. The minimum absolute atomic E-state index is 0. The molecule has 1 aromatic rings. The van der Waals surface area contributed by atoms with Gasteiger partial charge in [-0.05, 0) is 49.8 Å². The molecule has 2 N–H and O–H groups in total. The fourth-order valence-electron chi connectivity index (χ4n) is 4.39. The van der Waals surface area contributed by atoms with Gasteiger partial charge in [-0.25, -0.2) is 0 Å². The van der Waals surface area contributed by atoms with Crippen LogP contribution in [0.2, 0.25) is 0 Å². The van der Waals surface area contributed by atoms with Gasteiger partial charge in [0.15, 0.2) is 5.96 Å². The lowest BCUT2D eigenvalue weighted by molar-refractivity contribution is 0.0992. The standard InChI is InChI=1S/C19H26BrN3O.HI/c1-21-18(23-16-11-15-7-8-17(16)24-15)22-12-19(9-2-10-19)13-3-5-14(20)6-4-13;/h3-6,15-17H,2,7-12H2,1H3,(H2,21,22,23);1H. The topological polar surface area (TPSA) is 45.7 Å². The van der Waals surface area contributed by atoms with Gasteiger partial charge in [0.25, 0.3) is 0 Å². The maximum atomic E-state index is 5.94. The average molecular weight is 520 g/mol. The van der Waals surface area contributed by atoms with Gasteiger partial charge in [0.1, 0.15) is 0 Å². The Morgan fingerprint density at radius 2 is 2.04 bits per heavy atom. The first kappa shape index (κ1) is 19.4. The number of fused-ring (bicyclic) bond motifs is 2. The molecule has 3 atom stereocenters. The number of aliphatic imine (C=N–C) groups is 1. The zero-order valence-corrected chi connectivity index (χ0v) is 18.5. The van der Waals surface area contributed by atoms with E-state index in [2.05, 4.69) is 55.8 Å². The Kier molecular flexibility index (Phi) is 6.31. The third kappa shape index (κ3) is 4.00. The second-order valence-corrected chi connectivity index (χ2v) is 8.34. The lowest BCUT2D eigenvalue weighted by atomic mass is 9.64. The predicted molar refractivity (Wildman–Crippen MR) is 116 cm³/mol. The van der Waals surface area contributed by atoms with Crippen LogP contribution in [0.4, 0.5) is 0 Å². The van der Waals surface area contributed by atoms with E-state index in [-0.39, 0.29) is 29.4 Å². The molecule has 4 rings (SSSR count). The van der Waals surface area contributed by atoms with Gasteiger partial charge in [-0.3, -0.25) is 4.99 Å². The summed E-state index contributed by atoms with van der Waals surface area (Å²) in [6.45, 7) is 0.940. The van der Waals surface area contributed by atoms with E-state index in [0.29, 0.717) is 18.2 Å². The maximum Gasteiger partial charge on any atom is 0.191 e. The van der Waals surface area contributed by atoms with Crippen LogP contribution in [-0.4, -0.2) is 37.8 Å². The van der Waals surface area contributed by atoms with E-state index in [0.717, 1.165) is 23.4 Å². The summed E-state index contributed by atoms with van der Waals surface area (Å²) in [7, 11) is 1.86. The third-order valence-electron chi connectivity index (χ3n) is 6.01. The highest BCUT2D eigenvalue weighted by Crippen LogP contribution is 2.43. The Morgan fingerprint density at radius 1 is 1.28 bits per heavy atom. The Hall–Kier alpha value is -0.340. The van der Waals surface area contributed by atoms with Gasteiger partial charge in [0, 0.05) is 23.5 Å². The van der Waals surface area contributed by atoms with Crippen molar-refractivity contribution in [3.8, 4) is 0 Å². The average Bonchev–Trinajstić information content (AvgIpc) is 3.17. The molecule has 1 aromatic carbocycles. The van der Waals surface area contributed by atoms with Crippen molar-refractivity contribution in [3.05, 3.63) is 34.3 Å². The highest BCUT2D eigenvalue weighted by atomic mass is 127. The predicted octanol–water partition coefficient (Wildman–Crippen LogP) is 3.97. The van der Waals surface area contributed by atoms with Crippen molar-refractivity contribution in [2.75, 3.05) is 13.6 Å². The summed E-state index contributed by atoms with van der Waals surface area (Å²) in [6.07, 6.45) is 8.16. The quantitative estimate of drug-likeness (QED) is 0.359. The van der Waals surface area contributed by atoms with Crippen LogP contribution in [0, 0.1) is 0 Å². The lowest BCUT2D eigenvalue weighted by Crippen LogP contribution is -2.52. The molecule has 3 aliphatic rings. The second kappa shape index (κ2) is 8.13. The maximum absolute atomic E-state index is 5.94. The van der Waals surface area contributed by atoms with Crippen LogP contribution in [0.15, 0.2) is 33.7 Å². The molecule has 25 heavy (non-hydrogen) atoms. The first-order valence-electron chi connectivity index (χ1n) is 9.07. The summed E-state index contributed by atoms with van der Waals surface area (Å²) < 4.78 is 7.08. The summed E-state index contributed by atoms with van der Waals surface area (Å²) in [6, 6.07) is 9.22. The molecule has 2 saturated heterocycles. The Bertz CT molecular complexity index is 618. The number of hydrogen-bond donors (Lipinski definition) is 2. The zero-order valence-electron chi connectivity index (χ0n) is 14.6. The Labute approximate surface area is 175 Å². The molecule has 3 fully saturated rings. The minimum Gasteiger partial charge on any atom is -0.373 e. The fraction of sp³-hybridized carbons (Fsp3) is 0.632. The van der Waals surface area contributed by atoms with Gasteiger partial charge in [-0.1, -0.05) is 34.5 Å². The highest BCUT2D eigenvalue weighted by molar-refractivity contribution is 14.0. The van der Waals surface area contributed by atoms with Crippen LogP contribution in [0.5, 0.6) is 0 Å². The number of benzene rings is 1. The van der Waals surface area contributed by atoms with E-state index >= 15 is 0 Å². The van der Waals surface area contributed by atoms with Crippen molar-refractivity contribution in [1.82, 2.24) is 10.6 Å². The van der Waals surface area contributed by atoms with E-state index in [1.807, 2.05) is 7.05 Å². The van der Waals surface area contributed by atoms with E-state index < -0.39 is 0 Å². The SMILES string of the molecule is CN=C(NCC1(c2ccc(Br)cc2)CCC1)NC1CC2CCC1O2.I. The van der Waals surface area contributed by atoms with Crippen LogP contribution < -0.4 is 10.6 Å². The van der Waals surface area contributed by atoms with Crippen LogP contribution in [0.3, 0.4) is 0 Å². The molecule has 2 aliphatic heterocycles. The molecule has 2 bridgehead atoms. The summed E-state index contributed by atoms with van der Waals surface area (Å²) in [4.78, 5) is 4.44. The molecule has 4 nitrogen and oxygen atoms in total. The van der Waals surface area contributed by atoms with Crippen molar-refractivity contribution in [2.24, 2.45) is 4.99 Å². The molecule has 0 aromatic heterocycles. The van der Waals surface area contributed by atoms with Crippen molar-refractivity contribution in [3.63, 3.8) is 0 Å². The van der Waals surface area contributed by atoms with Crippen LogP contribution >= 0.6 is 39.9 Å².